The Morgan fingerprint density at radius 2 is 2.42 bits per heavy atom. The van der Waals surface area contributed by atoms with Crippen LogP contribution in [0.15, 0.2) is 12.4 Å². The standard InChI is InChI=1S/C7H5N3O2/c1-5(11)12-7-2-6(3-8)9-4-10-7/h2,4H,1H3. The summed E-state index contributed by atoms with van der Waals surface area (Å²) in [5.74, 6) is -0.383. The topological polar surface area (TPSA) is 75.9 Å². The first kappa shape index (κ1) is 8.14. The third-order valence-electron chi connectivity index (χ3n) is 1.00. The van der Waals surface area contributed by atoms with Crippen LogP contribution in [0, 0.1) is 11.3 Å². The van der Waals surface area contributed by atoms with Crippen LogP contribution in [0.5, 0.6) is 5.88 Å². The van der Waals surface area contributed by atoms with E-state index >= 15 is 0 Å². The molecule has 0 saturated carbocycles. The summed E-state index contributed by atoms with van der Waals surface area (Å²) in [7, 11) is 0. The molecular formula is C7H5N3O2. The average molecular weight is 163 g/mol. The highest BCUT2D eigenvalue weighted by Gasteiger charge is 2.00. The van der Waals surface area contributed by atoms with Crippen molar-refractivity contribution in [2.24, 2.45) is 0 Å². The Labute approximate surface area is 68.6 Å². The smallest absolute Gasteiger partial charge is 0.309 e. The number of hydrogen-bond donors (Lipinski definition) is 0. The van der Waals surface area contributed by atoms with Crippen molar-refractivity contribution in [3.05, 3.63) is 18.1 Å². The van der Waals surface area contributed by atoms with E-state index in [1.807, 2.05) is 0 Å². The molecule has 5 heteroatoms. The molecule has 0 bridgehead atoms. The zero-order chi connectivity index (χ0) is 8.97. The Kier molecular flexibility index (Phi) is 2.33. The fraction of sp³-hybridized carbons (Fsp3) is 0.143. The first-order chi connectivity index (χ1) is 5.72. The number of esters is 1. The predicted molar refractivity (Wildman–Crippen MR) is 38.1 cm³/mol. The largest absolute Gasteiger partial charge is 0.407 e. The highest BCUT2D eigenvalue weighted by atomic mass is 16.5. The zero-order valence-corrected chi connectivity index (χ0v) is 6.31. The van der Waals surface area contributed by atoms with E-state index in [-0.39, 0.29) is 11.6 Å². The van der Waals surface area contributed by atoms with Crippen LogP contribution in [-0.2, 0) is 4.79 Å². The molecule has 0 aliphatic heterocycles. The molecule has 1 rings (SSSR count). The number of nitriles is 1. The minimum atomic E-state index is -0.474. The normalized spacial score (nSPS) is 8.67. The van der Waals surface area contributed by atoms with Crippen molar-refractivity contribution >= 4 is 5.97 Å². The minimum Gasteiger partial charge on any atom is -0.407 e. The third kappa shape index (κ3) is 2.02. The van der Waals surface area contributed by atoms with Gasteiger partial charge in [-0.2, -0.15) is 5.26 Å². The van der Waals surface area contributed by atoms with Crippen LogP contribution in [0.2, 0.25) is 0 Å². The first-order valence-corrected chi connectivity index (χ1v) is 3.13. The number of carbonyl (C=O) groups is 1. The maximum absolute atomic E-state index is 10.4. The Morgan fingerprint density at radius 3 is 3.00 bits per heavy atom. The summed E-state index contributed by atoms with van der Waals surface area (Å²) in [6.45, 7) is 1.26. The lowest BCUT2D eigenvalue weighted by Gasteiger charge is -1.97. The van der Waals surface area contributed by atoms with E-state index in [2.05, 4.69) is 14.7 Å². The molecule has 12 heavy (non-hydrogen) atoms. The van der Waals surface area contributed by atoms with E-state index in [4.69, 9.17) is 5.26 Å². The van der Waals surface area contributed by atoms with Gasteiger partial charge in [0.25, 0.3) is 0 Å². The molecule has 0 amide bonds. The van der Waals surface area contributed by atoms with Gasteiger partial charge in [-0.25, -0.2) is 9.97 Å². The predicted octanol–water partition coefficient (Wildman–Crippen LogP) is 0.274. The number of nitrogens with zero attached hydrogens (tertiary/aromatic N) is 3. The Hall–Kier alpha value is -1.96. The van der Waals surface area contributed by atoms with Gasteiger partial charge in [-0.15, -0.1) is 0 Å². The van der Waals surface area contributed by atoms with Gasteiger partial charge >= 0.3 is 5.97 Å². The molecule has 0 fully saturated rings. The molecule has 0 unspecified atom stereocenters. The summed E-state index contributed by atoms with van der Waals surface area (Å²) >= 11 is 0. The monoisotopic (exact) mass is 163 g/mol. The number of aromatic nitrogens is 2. The molecule has 1 aromatic heterocycles. The quantitative estimate of drug-likeness (QED) is 0.555. The van der Waals surface area contributed by atoms with Gasteiger partial charge in [-0.1, -0.05) is 0 Å². The lowest BCUT2D eigenvalue weighted by atomic mass is 10.4. The molecule has 5 nitrogen and oxygen atoms in total. The number of ether oxygens (including phenoxy) is 1. The second kappa shape index (κ2) is 3.44. The number of rotatable bonds is 1. The van der Waals surface area contributed by atoms with Gasteiger partial charge < -0.3 is 4.74 Å². The summed E-state index contributed by atoms with van der Waals surface area (Å²) in [6, 6.07) is 3.09. The number of hydrogen-bond acceptors (Lipinski definition) is 5. The van der Waals surface area contributed by atoms with Crippen LogP contribution in [0.25, 0.3) is 0 Å². The van der Waals surface area contributed by atoms with Gasteiger partial charge in [0, 0.05) is 13.0 Å². The molecule has 0 radical (unpaired) electrons. The van der Waals surface area contributed by atoms with Crippen molar-refractivity contribution < 1.29 is 9.53 Å². The lowest BCUT2D eigenvalue weighted by molar-refractivity contribution is -0.132. The molecule has 0 aromatic carbocycles. The first-order valence-electron chi connectivity index (χ1n) is 3.13. The van der Waals surface area contributed by atoms with Crippen molar-refractivity contribution in [1.29, 1.82) is 5.26 Å². The Bertz CT molecular complexity index is 343. The molecule has 0 N–H and O–H groups in total. The molecule has 0 saturated heterocycles. The molecule has 1 aromatic rings. The van der Waals surface area contributed by atoms with Crippen molar-refractivity contribution in [2.75, 3.05) is 0 Å². The fourth-order valence-electron chi connectivity index (χ4n) is 0.604. The van der Waals surface area contributed by atoms with Gasteiger partial charge in [0.1, 0.15) is 18.1 Å². The molecule has 0 atom stereocenters. The molecule has 1 heterocycles. The van der Waals surface area contributed by atoms with Crippen LogP contribution >= 0.6 is 0 Å². The molecule has 0 spiro atoms. The second-order valence-electron chi connectivity index (χ2n) is 1.95. The molecule has 0 aliphatic carbocycles. The van der Waals surface area contributed by atoms with E-state index in [1.165, 1.54) is 13.0 Å². The maximum atomic E-state index is 10.4. The van der Waals surface area contributed by atoms with Crippen molar-refractivity contribution in [3.63, 3.8) is 0 Å². The summed E-state index contributed by atoms with van der Waals surface area (Å²) in [6.07, 6.45) is 1.16. The van der Waals surface area contributed by atoms with Crippen LogP contribution in [0.1, 0.15) is 12.6 Å². The van der Waals surface area contributed by atoms with Crippen LogP contribution in [0.4, 0.5) is 0 Å². The van der Waals surface area contributed by atoms with Crippen LogP contribution in [0.3, 0.4) is 0 Å². The van der Waals surface area contributed by atoms with Gasteiger partial charge in [-0.3, -0.25) is 4.79 Å². The van der Waals surface area contributed by atoms with Gasteiger partial charge in [0.05, 0.1) is 0 Å². The van der Waals surface area contributed by atoms with Gasteiger partial charge in [0.15, 0.2) is 0 Å². The summed E-state index contributed by atoms with van der Waals surface area (Å²) in [5, 5.41) is 8.42. The molecule has 60 valence electrons. The molecule has 0 aliphatic rings. The third-order valence-corrected chi connectivity index (χ3v) is 1.00. The van der Waals surface area contributed by atoms with Crippen molar-refractivity contribution in [2.45, 2.75) is 6.92 Å². The van der Waals surface area contributed by atoms with Crippen molar-refractivity contribution in [1.82, 2.24) is 9.97 Å². The number of carbonyl (C=O) groups excluding carboxylic acids is 1. The SMILES string of the molecule is CC(=O)Oc1cc(C#N)ncn1. The summed E-state index contributed by atoms with van der Waals surface area (Å²) in [4.78, 5) is 17.7. The van der Waals surface area contributed by atoms with Gasteiger partial charge in [-0.05, 0) is 0 Å². The van der Waals surface area contributed by atoms with E-state index in [0.29, 0.717) is 0 Å². The molecular weight excluding hydrogens is 158 g/mol. The average Bonchev–Trinajstić information content (AvgIpc) is 2.03. The van der Waals surface area contributed by atoms with E-state index in [1.54, 1.807) is 6.07 Å². The zero-order valence-electron chi connectivity index (χ0n) is 6.31. The highest BCUT2D eigenvalue weighted by molar-refractivity contribution is 5.68. The lowest BCUT2D eigenvalue weighted by Crippen LogP contribution is -2.03. The Morgan fingerprint density at radius 1 is 1.67 bits per heavy atom. The van der Waals surface area contributed by atoms with Crippen molar-refractivity contribution in [3.8, 4) is 11.9 Å². The Balaban J connectivity index is 2.88. The summed E-state index contributed by atoms with van der Waals surface area (Å²) < 4.78 is 4.62. The summed E-state index contributed by atoms with van der Waals surface area (Å²) in [5.41, 5.74) is 0.168. The van der Waals surface area contributed by atoms with Crippen LogP contribution in [-0.4, -0.2) is 15.9 Å². The maximum Gasteiger partial charge on any atom is 0.309 e. The van der Waals surface area contributed by atoms with Crippen LogP contribution < -0.4 is 4.74 Å². The van der Waals surface area contributed by atoms with E-state index < -0.39 is 5.97 Å². The fourth-order valence-corrected chi connectivity index (χ4v) is 0.604. The van der Waals surface area contributed by atoms with E-state index in [0.717, 1.165) is 6.33 Å². The second-order valence-corrected chi connectivity index (χ2v) is 1.95. The van der Waals surface area contributed by atoms with Gasteiger partial charge in [0.2, 0.25) is 5.88 Å². The highest BCUT2D eigenvalue weighted by Crippen LogP contribution is 2.05. The van der Waals surface area contributed by atoms with E-state index in [9.17, 15) is 4.79 Å². The minimum absolute atomic E-state index is 0.0917.